The maximum absolute atomic E-state index is 12.0. The smallest absolute Gasteiger partial charge is 0.425 e. The Labute approximate surface area is 80.8 Å². The summed E-state index contributed by atoms with van der Waals surface area (Å²) in [6.45, 7) is 0.871. The topological polar surface area (TPSA) is 35.0 Å². The summed E-state index contributed by atoms with van der Waals surface area (Å²) in [5.41, 5.74) is 0. The van der Waals surface area contributed by atoms with Crippen molar-refractivity contribution in [3.63, 3.8) is 0 Å². The first-order valence-electron chi connectivity index (χ1n) is 3.12. The molecule has 1 aromatic rings. The van der Waals surface area contributed by atoms with E-state index in [9.17, 15) is 13.2 Å². The van der Waals surface area contributed by atoms with E-state index < -0.39 is 12.3 Å². The van der Waals surface area contributed by atoms with Gasteiger partial charge in [-0.1, -0.05) is 11.6 Å². The third-order valence-corrected chi connectivity index (χ3v) is 2.03. The third kappa shape index (κ3) is 2.70. The number of aromatic nitrogens is 2. The first-order valence-corrected chi connectivity index (χ1v) is 4.23. The number of rotatable bonds is 2. The zero-order valence-electron chi connectivity index (χ0n) is 6.30. The number of hydrogen-bond donors (Lipinski definition) is 0. The number of nitrogens with zero attached hydrogens (tertiary/aromatic N) is 2. The summed E-state index contributed by atoms with van der Waals surface area (Å²) >= 11 is 6.07. The molecule has 74 valence electrons. The molecule has 13 heavy (non-hydrogen) atoms. The molecule has 3 nitrogen and oxygen atoms in total. The van der Waals surface area contributed by atoms with Gasteiger partial charge in [0, 0.05) is 0 Å². The van der Waals surface area contributed by atoms with Crippen LogP contribution in [0.2, 0.25) is 5.15 Å². The predicted octanol–water partition coefficient (Wildman–Crippen LogP) is 2.52. The summed E-state index contributed by atoms with van der Waals surface area (Å²) in [5, 5.41) is -0.152. The minimum absolute atomic E-state index is 0.152. The van der Waals surface area contributed by atoms with Gasteiger partial charge in [-0.15, -0.1) is 4.37 Å². The summed E-state index contributed by atoms with van der Waals surface area (Å²) in [7, 11) is 0. The Hall–Kier alpha value is -0.560. The molecule has 1 heterocycles. The molecule has 1 unspecified atom stereocenters. The zero-order valence-corrected chi connectivity index (χ0v) is 7.87. The van der Waals surface area contributed by atoms with Crippen LogP contribution in [0.4, 0.5) is 13.2 Å². The summed E-state index contributed by atoms with van der Waals surface area (Å²) in [6.07, 6.45) is -6.36. The van der Waals surface area contributed by atoms with Crippen molar-refractivity contribution < 1.29 is 17.9 Å². The largest absolute Gasteiger partial charge is 0.462 e. The first kappa shape index (κ1) is 10.5. The Morgan fingerprint density at radius 3 is 2.46 bits per heavy atom. The SMILES string of the molecule is CC(Oc1nsnc1Cl)C(F)(F)F. The van der Waals surface area contributed by atoms with Gasteiger partial charge in [0.25, 0.3) is 5.88 Å². The van der Waals surface area contributed by atoms with Crippen molar-refractivity contribution in [2.24, 2.45) is 0 Å². The molecule has 0 aromatic carbocycles. The van der Waals surface area contributed by atoms with Crippen LogP contribution in [0.1, 0.15) is 6.92 Å². The lowest BCUT2D eigenvalue weighted by molar-refractivity contribution is -0.189. The Kier molecular flexibility index (Phi) is 2.97. The van der Waals surface area contributed by atoms with Crippen molar-refractivity contribution in [2.45, 2.75) is 19.2 Å². The minimum atomic E-state index is -4.42. The molecule has 0 spiro atoms. The van der Waals surface area contributed by atoms with Crippen LogP contribution in [0, 0.1) is 0 Å². The van der Waals surface area contributed by atoms with Crippen molar-refractivity contribution in [1.29, 1.82) is 0 Å². The number of ether oxygens (including phenoxy) is 1. The highest BCUT2D eigenvalue weighted by molar-refractivity contribution is 6.99. The highest BCUT2D eigenvalue weighted by Crippen LogP contribution is 2.27. The average molecular weight is 233 g/mol. The lowest BCUT2D eigenvalue weighted by Crippen LogP contribution is -2.31. The highest BCUT2D eigenvalue weighted by Gasteiger charge is 2.38. The fourth-order valence-corrected chi connectivity index (χ4v) is 1.10. The van der Waals surface area contributed by atoms with Crippen molar-refractivity contribution >= 4 is 23.3 Å². The van der Waals surface area contributed by atoms with Crippen molar-refractivity contribution in [2.75, 3.05) is 0 Å². The van der Waals surface area contributed by atoms with E-state index in [1.807, 2.05) is 0 Å². The van der Waals surface area contributed by atoms with Gasteiger partial charge in [0.15, 0.2) is 6.10 Å². The molecule has 0 N–H and O–H groups in total. The van der Waals surface area contributed by atoms with E-state index in [0.717, 1.165) is 6.92 Å². The fourth-order valence-electron chi connectivity index (χ4n) is 0.474. The Morgan fingerprint density at radius 2 is 2.08 bits per heavy atom. The fraction of sp³-hybridized carbons (Fsp3) is 0.600. The molecular weight excluding hydrogens is 229 g/mol. The molecule has 8 heteroatoms. The monoisotopic (exact) mass is 232 g/mol. The lowest BCUT2D eigenvalue weighted by atomic mass is 10.4. The second-order valence-corrected chi connectivity index (χ2v) is 3.05. The van der Waals surface area contributed by atoms with Gasteiger partial charge in [-0.3, -0.25) is 0 Å². The van der Waals surface area contributed by atoms with Crippen LogP contribution < -0.4 is 4.74 Å². The van der Waals surface area contributed by atoms with Gasteiger partial charge in [-0.25, -0.2) is 0 Å². The molecule has 0 aliphatic heterocycles. The van der Waals surface area contributed by atoms with Gasteiger partial charge >= 0.3 is 6.18 Å². The van der Waals surface area contributed by atoms with E-state index in [2.05, 4.69) is 13.5 Å². The van der Waals surface area contributed by atoms with E-state index in [0.29, 0.717) is 11.7 Å². The molecule has 0 fully saturated rings. The molecule has 0 amide bonds. The first-order chi connectivity index (χ1) is 5.91. The normalized spacial score (nSPS) is 14.2. The van der Waals surface area contributed by atoms with Crippen LogP contribution in [0.5, 0.6) is 5.88 Å². The van der Waals surface area contributed by atoms with Crippen molar-refractivity contribution in [1.82, 2.24) is 8.75 Å². The maximum atomic E-state index is 12.0. The Bertz CT molecular complexity index is 290. The predicted molar refractivity (Wildman–Crippen MR) is 41.1 cm³/mol. The molecular formula is C5H4ClF3N2OS. The number of halogens is 4. The van der Waals surface area contributed by atoms with E-state index in [-0.39, 0.29) is 11.0 Å². The molecule has 1 aromatic heterocycles. The molecule has 0 aliphatic carbocycles. The molecule has 0 aliphatic rings. The van der Waals surface area contributed by atoms with E-state index >= 15 is 0 Å². The summed E-state index contributed by atoms with van der Waals surface area (Å²) in [5.74, 6) is -0.281. The third-order valence-electron chi connectivity index (χ3n) is 1.17. The van der Waals surface area contributed by atoms with Crippen LogP contribution in [-0.2, 0) is 0 Å². The van der Waals surface area contributed by atoms with Gasteiger partial charge in [0.1, 0.15) is 0 Å². The quantitative estimate of drug-likeness (QED) is 0.786. The lowest BCUT2D eigenvalue weighted by Gasteiger charge is -2.15. The summed E-state index contributed by atoms with van der Waals surface area (Å²) in [4.78, 5) is 0. The Balaban J connectivity index is 2.65. The van der Waals surface area contributed by atoms with Crippen LogP contribution in [-0.4, -0.2) is 21.0 Å². The van der Waals surface area contributed by atoms with Gasteiger partial charge in [0.05, 0.1) is 11.7 Å². The maximum Gasteiger partial charge on any atom is 0.425 e. The second kappa shape index (κ2) is 3.67. The minimum Gasteiger partial charge on any atom is -0.462 e. The van der Waals surface area contributed by atoms with Crippen LogP contribution >= 0.6 is 23.3 Å². The van der Waals surface area contributed by atoms with E-state index in [1.54, 1.807) is 0 Å². The Morgan fingerprint density at radius 1 is 1.46 bits per heavy atom. The zero-order chi connectivity index (χ0) is 10.1. The molecule has 0 bridgehead atoms. The van der Waals surface area contributed by atoms with E-state index in [4.69, 9.17) is 11.6 Å². The average Bonchev–Trinajstić information content (AvgIpc) is 2.34. The van der Waals surface area contributed by atoms with Gasteiger partial charge in [-0.05, 0) is 6.92 Å². The van der Waals surface area contributed by atoms with Gasteiger partial charge < -0.3 is 4.74 Å². The van der Waals surface area contributed by atoms with Crippen molar-refractivity contribution in [3.8, 4) is 5.88 Å². The van der Waals surface area contributed by atoms with Crippen LogP contribution in [0.15, 0.2) is 0 Å². The van der Waals surface area contributed by atoms with Crippen LogP contribution in [0.3, 0.4) is 0 Å². The van der Waals surface area contributed by atoms with E-state index in [1.165, 1.54) is 0 Å². The second-order valence-electron chi connectivity index (χ2n) is 2.16. The molecule has 0 saturated heterocycles. The number of hydrogen-bond acceptors (Lipinski definition) is 4. The number of alkyl halides is 3. The summed E-state index contributed by atoms with van der Waals surface area (Å²) in [6, 6.07) is 0. The molecule has 1 rings (SSSR count). The van der Waals surface area contributed by atoms with Gasteiger partial charge in [0.2, 0.25) is 5.15 Å². The standard InChI is InChI=1S/C5H4ClF3N2OS/c1-2(5(7,8)9)12-4-3(6)10-13-11-4/h2H,1H3. The molecule has 0 radical (unpaired) electrons. The summed E-state index contributed by atoms with van der Waals surface area (Å²) < 4.78 is 47.2. The molecule has 0 saturated carbocycles. The van der Waals surface area contributed by atoms with Crippen LogP contribution in [0.25, 0.3) is 0 Å². The van der Waals surface area contributed by atoms with Crippen molar-refractivity contribution in [3.05, 3.63) is 5.15 Å². The van der Waals surface area contributed by atoms with Gasteiger partial charge in [-0.2, -0.15) is 17.5 Å². The molecule has 1 atom stereocenters. The highest BCUT2D eigenvalue weighted by atomic mass is 35.5.